The molecule has 0 bridgehead atoms. The number of nitrogens with one attached hydrogen (secondary N) is 1. The lowest BCUT2D eigenvalue weighted by Crippen LogP contribution is -2.34. The fraction of sp³-hybridized carbons (Fsp3) is 0.154. The number of amides is 2. The number of hydroxylamine groups is 2. The van der Waals surface area contributed by atoms with Crippen LogP contribution >= 0.6 is 11.3 Å². The van der Waals surface area contributed by atoms with Crippen molar-refractivity contribution in [3.05, 3.63) is 47.3 Å². The maximum absolute atomic E-state index is 11.2. The van der Waals surface area contributed by atoms with Gasteiger partial charge in [-0.15, -0.1) is 11.3 Å². The molecule has 2 rings (SSSR count). The van der Waals surface area contributed by atoms with E-state index in [2.05, 4.69) is 5.32 Å². The molecular weight excluding hydrogens is 248 g/mol. The van der Waals surface area contributed by atoms with Gasteiger partial charge in [-0.3, -0.25) is 5.21 Å². The summed E-state index contributed by atoms with van der Waals surface area (Å²) in [6.45, 7) is 0.192. The van der Waals surface area contributed by atoms with Crippen LogP contribution in [-0.4, -0.2) is 23.3 Å². The topological polar surface area (TPSA) is 52.6 Å². The molecule has 0 unspecified atom stereocenters. The summed E-state index contributed by atoms with van der Waals surface area (Å²) in [5, 5.41) is 12.5. The molecule has 0 aliphatic rings. The lowest BCUT2D eigenvalue weighted by molar-refractivity contribution is -0.0493. The highest BCUT2D eigenvalue weighted by Crippen LogP contribution is 2.28. The first-order valence-corrected chi connectivity index (χ1v) is 6.34. The molecular formula is C13H14N2O2S. The van der Waals surface area contributed by atoms with Crippen LogP contribution in [0.2, 0.25) is 0 Å². The van der Waals surface area contributed by atoms with Crippen LogP contribution in [0.15, 0.2) is 42.5 Å². The molecule has 4 nitrogen and oxygen atoms in total. The molecule has 0 saturated heterocycles. The van der Waals surface area contributed by atoms with Crippen LogP contribution in [0.25, 0.3) is 10.4 Å². The second-order valence-corrected chi connectivity index (χ2v) is 4.91. The molecule has 2 amide bonds. The number of carbonyl (C=O) groups is 1. The monoisotopic (exact) mass is 262 g/mol. The number of carbonyl (C=O) groups excluding carboxylic acids is 1. The summed E-state index contributed by atoms with van der Waals surface area (Å²) in [6.07, 6.45) is 0. The number of thiophene rings is 1. The summed E-state index contributed by atoms with van der Waals surface area (Å²) < 4.78 is 0. The number of hydrogen-bond acceptors (Lipinski definition) is 3. The van der Waals surface area contributed by atoms with Crippen LogP contribution in [0.5, 0.6) is 0 Å². The van der Waals surface area contributed by atoms with E-state index in [1.807, 2.05) is 42.5 Å². The smallest absolute Gasteiger partial charge is 0.339 e. The van der Waals surface area contributed by atoms with Crippen molar-refractivity contribution < 1.29 is 10.0 Å². The van der Waals surface area contributed by atoms with E-state index in [-0.39, 0.29) is 6.54 Å². The predicted molar refractivity (Wildman–Crippen MR) is 71.5 cm³/mol. The van der Waals surface area contributed by atoms with E-state index in [0.717, 1.165) is 15.3 Å². The van der Waals surface area contributed by atoms with Crippen molar-refractivity contribution in [3.8, 4) is 10.4 Å². The fourth-order valence-electron chi connectivity index (χ4n) is 1.57. The molecule has 18 heavy (non-hydrogen) atoms. The Morgan fingerprint density at radius 1 is 1.28 bits per heavy atom. The molecule has 2 aromatic rings. The third-order valence-electron chi connectivity index (χ3n) is 2.47. The number of urea groups is 1. The van der Waals surface area contributed by atoms with Crippen molar-refractivity contribution in [3.63, 3.8) is 0 Å². The number of rotatable bonds is 3. The van der Waals surface area contributed by atoms with Gasteiger partial charge < -0.3 is 5.32 Å². The van der Waals surface area contributed by atoms with Gasteiger partial charge in [-0.1, -0.05) is 30.3 Å². The first kappa shape index (κ1) is 12.6. The third kappa shape index (κ3) is 2.88. The van der Waals surface area contributed by atoms with Crippen LogP contribution < -0.4 is 5.32 Å². The van der Waals surface area contributed by atoms with Gasteiger partial charge in [0.05, 0.1) is 6.54 Å². The molecule has 1 aromatic heterocycles. The Balaban J connectivity index is 2.09. The SMILES string of the molecule is CNC(=O)N(O)Cc1ccc(-c2ccccc2)s1. The Bertz CT molecular complexity index is 525. The summed E-state index contributed by atoms with van der Waals surface area (Å²) in [5.74, 6) is 0. The summed E-state index contributed by atoms with van der Waals surface area (Å²) in [5.41, 5.74) is 1.14. The van der Waals surface area contributed by atoms with Crippen LogP contribution in [-0.2, 0) is 6.54 Å². The lowest BCUT2D eigenvalue weighted by Gasteiger charge is -2.12. The third-order valence-corrected chi connectivity index (χ3v) is 3.59. The Kier molecular flexibility index (Phi) is 3.96. The number of hydrogen-bond donors (Lipinski definition) is 2. The predicted octanol–water partition coefficient (Wildman–Crippen LogP) is 2.95. The summed E-state index contributed by atoms with van der Waals surface area (Å²) in [4.78, 5) is 13.2. The van der Waals surface area contributed by atoms with Gasteiger partial charge in [0, 0.05) is 16.8 Å². The molecule has 5 heteroatoms. The van der Waals surface area contributed by atoms with Crippen molar-refractivity contribution in [2.45, 2.75) is 6.54 Å². The Labute approximate surface area is 109 Å². The minimum absolute atomic E-state index is 0.192. The van der Waals surface area contributed by atoms with Gasteiger partial charge in [-0.05, 0) is 17.7 Å². The van der Waals surface area contributed by atoms with Crippen molar-refractivity contribution in [2.75, 3.05) is 7.05 Å². The van der Waals surface area contributed by atoms with Crippen molar-refractivity contribution in [2.24, 2.45) is 0 Å². The van der Waals surface area contributed by atoms with Crippen molar-refractivity contribution in [1.82, 2.24) is 10.4 Å². The van der Waals surface area contributed by atoms with Crippen molar-refractivity contribution >= 4 is 17.4 Å². The average Bonchev–Trinajstić information content (AvgIpc) is 2.87. The second-order valence-electron chi connectivity index (χ2n) is 3.74. The molecule has 94 valence electrons. The van der Waals surface area contributed by atoms with Crippen LogP contribution in [0.4, 0.5) is 4.79 Å². The fourth-order valence-corrected chi connectivity index (χ4v) is 2.56. The van der Waals surface area contributed by atoms with E-state index in [1.54, 1.807) is 11.3 Å². The molecule has 0 aliphatic heterocycles. The van der Waals surface area contributed by atoms with E-state index < -0.39 is 6.03 Å². The van der Waals surface area contributed by atoms with Gasteiger partial charge in [0.2, 0.25) is 0 Å². The first-order chi connectivity index (χ1) is 8.70. The van der Waals surface area contributed by atoms with E-state index in [1.165, 1.54) is 7.05 Å². The molecule has 1 heterocycles. The van der Waals surface area contributed by atoms with Gasteiger partial charge in [-0.25, -0.2) is 9.86 Å². The van der Waals surface area contributed by atoms with Crippen LogP contribution in [0.3, 0.4) is 0 Å². The summed E-state index contributed by atoms with van der Waals surface area (Å²) in [7, 11) is 1.48. The Morgan fingerprint density at radius 3 is 2.67 bits per heavy atom. The molecule has 0 radical (unpaired) electrons. The highest BCUT2D eigenvalue weighted by atomic mass is 32.1. The standard InChI is InChI=1S/C13H14N2O2S/c1-14-13(16)15(17)9-11-7-8-12(18-11)10-5-3-2-4-6-10/h2-8,17H,9H2,1H3,(H,14,16). The Hall–Kier alpha value is -1.85. The summed E-state index contributed by atoms with van der Waals surface area (Å²) >= 11 is 1.56. The largest absolute Gasteiger partial charge is 0.341 e. The maximum Gasteiger partial charge on any atom is 0.341 e. The zero-order chi connectivity index (χ0) is 13.0. The van der Waals surface area contributed by atoms with Gasteiger partial charge >= 0.3 is 6.03 Å². The molecule has 0 aliphatic carbocycles. The minimum atomic E-state index is -0.510. The number of benzene rings is 1. The van der Waals surface area contributed by atoms with Crippen LogP contribution in [0.1, 0.15) is 4.88 Å². The van der Waals surface area contributed by atoms with E-state index in [9.17, 15) is 10.0 Å². The highest BCUT2D eigenvalue weighted by molar-refractivity contribution is 7.15. The van der Waals surface area contributed by atoms with E-state index in [0.29, 0.717) is 5.06 Å². The molecule has 0 saturated carbocycles. The molecule has 0 atom stereocenters. The maximum atomic E-state index is 11.2. The molecule has 0 fully saturated rings. The van der Waals surface area contributed by atoms with Crippen molar-refractivity contribution in [1.29, 1.82) is 0 Å². The summed E-state index contributed by atoms with van der Waals surface area (Å²) in [6, 6.07) is 13.4. The van der Waals surface area contributed by atoms with Gasteiger partial charge in [0.15, 0.2) is 0 Å². The quantitative estimate of drug-likeness (QED) is 0.660. The minimum Gasteiger partial charge on any atom is -0.339 e. The van der Waals surface area contributed by atoms with E-state index in [4.69, 9.17) is 0 Å². The zero-order valence-electron chi connectivity index (χ0n) is 9.96. The molecule has 0 spiro atoms. The lowest BCUT2D eigenvalue weighted by atomic mass is 10.2. The molecule has 2 N–H and O–H groups in total. The molecule has 1 aromatic carbocycles. The highest BCUT2D eigenvalue weighted by Gasteiger charge is 2.10. The number of nitrogens with zero attached hydrogens (tertiary/aromatic N) is 1. The first-order valence-electron chi connectivity index (χ1n) is 5.53. The average molecular weight is 262 g/mol. The van der Waals surface area contributed by atoms with Gasteiger partial charge in [0.1, 0.15) is 0 Å². The van der Waals surface area contributed by atoms with Crippen LogP contribution in [0, 0.1) is 0 Å². The van der Waals surface area contributed by atoms with Gasteiger partial charge in [0.25, 0.3) is 0 Å². The Morgan fingerprint density at radius 2 is 2.00 bits per heavy atom. The zero-order valence-corrected chi connectivity index (χ0v) is 10.8. The van der Waals surface area contributed by atoms with E-state index >= 15 is 0 Å². The van der Waals surface area contributed by atoms with Gasteiger partial charge in [-0.2, -0.15) is 0 Å². The second kappa shape index (κ2) is 5.66. The normalized spacial score (nSPS) is 10.1.